The summed E-state index contributed by atoms with van der Waals surface area (Å²) in [5, 5.41) is 2.80. The zero-order valence-electron chi connectivity index (χ0n) is 13.2. The minimum Gasteiger partial charge on any atom is -0.497 e. The van der Waals surface area contributed by atoms with Crippen LogP contribution in [0.15, 0.2) is 18.2 Å². The Labute approximate surface area is 125 Å². The van der Waals surface area contributed by atoms with Gasteiger partial charge in [-0.15, -0.1) is 0 Å². The molecule has 21 heavy (non-hydrogen) atoms. The molecule has 1 aromatic carbocycles. The predicted molar refractivity (Wildman–Crippen MR) is 82.7 cm³/mol. The number of methoxy groups -OCH3 is 1. The first-order valence-electron chi connectivity index (χ1n) is 7.17. The van der Waals surface area contributed by atoms with Crippen molar-refractivity contribution in [1.82, 2.24) is 0 Å². The summed E-state index contributed by atoms with van der Waals surface area (Å²) in [5.74, 6) is 0.754. The molecule has 0 unspecified atom stereocenters. The highest BCUT2D eigenvalue weighted by Gasteiger charge is 2.38. The van der Waals surface area contributed by atoms with Crippen molar-refractivity contribution < 1.29 is 14.3 Å². The third-order valence-electron chi connectivity index (χ3n) is 3.38. The SMILES string of the molecule is COc1ccc(NC(=O)OC(C)(C)C)c(CC2(N)CC2)c1. The highest BCUT2D eigenvalue weighted by Crippen LogP contribution is 2.38. The van der Waals surface area contributed by atoms with Crippen LogP contribution >= 0.6 is 0 Å². The number of benzene rings is 1. The van der Waals surface area contributed by atoms with Crippen molar-refractivity contribution in [2.75, 3.05) is 12.4 Å². The van der Waals surface area contributed by atoms with Gasteiger partial charge in [-0.25, -0.2) is 4.79 Å². The normalized spacial score (nSPS) is 16.2. The van der Waals surface area contributed by atoms with E-state index >= 15 is 0 Å². The van der Waals surface area contributed by atoms with Crippen LogP contribution in [-0.4, -0.2) is 24.3 Å². The van der Waals surface area contributed by atoms with Gasteiger partial charge in [-0.05, 0) is 63.8 Å². The molecule has 0 heterocycles. The Balaban J connectivity index is 2.15. The van der Waals surface area contributed by atoms with E-state index in [1.807, 2.05) is 39.0 Å². The minimum atomic E-state index is -0.525. The number of ether oxygens (including phenoxy) is 2. The van der Waals surface area contributed by atoms with Crippen LogP contribution in [0.25, 0.3) is 0 Å². The summed E-state index contributed by atoms with van der Waals surface area (Å²) in [7, 11) is 1.62. The molecule has 0 saturated heterocycles. The molecule has 1 saturated carbocycles. The topological polar surface area (TPSA) is 73.6 Å². The number of hydrogen-bond donors (Lipinski definition) is 2. The molecule has 1 aliphatic rings. The number of amides is 1. The van der Waals surface area contributed by atoms with Gasteiger partial charge in [-0.1, -0.05) is 0 Å². The third-order valence-corrected chi connectivity index (χ3v) is 3.38. The zero-order valence-corrected chi connectivity index (χ0v) is 13.2. The molecule has 5 heteroatoms. The zero-order chi connectivity index (χ0) is 15.7. The van der Waals surface area contributed by atoms with Crippen LogP contribution in [0.2, 0.25) is 0 Å². The fourth-order valence-electron chi connectivity index (χ4n) is 2.10. The summed E-state index contributed by atoms with van der Waals surface area (Å²) in [6.07, 6.45) is 2.28. The summed E-state index contributed by atoms with van der Waals surface area (Å²) in [6, 6.07) is 5.55. The van der Waals surface area contributed by atoms with Crippen LogP contribution in [0.3, 0.4) is 0 Å². The highest BCUT2D eigenvalue weighted by atomic mass is 16.6. The fourth-order valence-corrected chi connectivity index (χ4v) is 2.10. The van der Waals surface area contributed by atoms with E-state index in [0.29, 0.717) is 0 Å². The van der Waals surface area contributed by atoms with Gasteiger partial charge in [-0.2, -0.15) is 0 Å². The van der Waals surface area contributed by atoms with E-state index in [1.54, 1.807) is 7.11 Å². The van der Waals surface area contributed by atoms with Crippen LogP contribution in [0.1, 0.15) is 39.2 Å². The second-order valence-corrected chi connectivity index (χ2v) is 6.69. The molecule has 1 fully saturated rings. The van der Waals surface area contributed by atoms with Crippen molar-refractivity contribution in [3.05, 3.63) is 23.8 Å². The van der Waals surface area contributed by atoms with E-state index in [0.717, 1.165) is 36.3 Å². The van der Waals surface area contributed by atoms with Crippen molar-refractivity contribution in [2.45, 2.75) is 51.2 Å². The standard InChI is InChI=1S/C16H24N2O3/c1-15(2,3)21-14(19)18-13-6-5-12(20-4)9-11(13)10-16(17)7-8-16/h5-6,9H,7-8,10,17H2,1-4H3,(H,18,19). The molecule has 0 atom stereocenters. The molecular formula is C16H24N2O3. The van der Waals surface area contributed by atoms with Gasteiger partial charge in [0.2, 0.25) is 0 Å². The van der Waals surface area contributed by atoms with Gasteiger partial charge in [0.1, 0.15) is 11.4 Å². The molecule has 2 rings (SSSR count). The molecule has 3 N–H and O–H groups in total. The van der Waals surface area contributed by atoms with E-state index in [1.165, 1.54) is 0 Å². The fraction of sp³-hybridized carbons (Fsp3) is 0.562. The monoisotopic (exact) mass is 292 g/mol. The molecule has 0 spiro atoms. The first-order valence-corrected chi connectivity index (χ1v) is 7.17. The molecule has 1 aromatic rings. The quantitative estimate of drug-likeness (QED) is 0.894. The summed E-state index contributed by atoms with van der Waals surface area (Å²) in [6.45, 7) is 5.50. The lowest BCUT2D eigenvalue weighted by atomic mass is 10.0. The molecule has 0 radical (unpaired) electrons. The van der Waals surface area contributed by atoms with E-state index in [-0.39, 0.29) is 5.54 Å². The number of nitrogens with one attached hydrogen (secondary N) is 1. The number of nitrogens with two attached hydrogens (primary N) is 1. The van der Waals surface area contributed by atoms with Crippen LogP contribution < -0.4 is 15.8 Å². The summed E-state index contributed by atoms with van der Waals surface area (Å²) in [4.78, 5) is 11.9. The average molecular weight is 292 g/mol. The molecule has 5 nitrogen and oxygen atoms in total. The van der Waals surface area contributed by atoms with Gasteiger partial charge in [0.15, 0.2) is 0 Å². The minimum absolute atomic E-state index is 0.142. The first-order chi connectivity index (χ1) is 9.71. The van der Waals surface area contributed by atoms with Gasteiger partial charge in [0.25, 0.3) is 0 Å². The molecule has 1 amide bonds. The van der Waals surface area contributed by atoms with Gasteiger partial charge < -0.3 is 15.2 Å². The number of hydrogen-bond acceptors (Lipinski definition) is 4. The Morgan fingerprint density at radius 1 is 1.38 bits per heavy atom. The van der Waals surface area contributed by atoms with Gasteiger partial charge in [0, 0.05) is 11.2 Å². The number of anilines is 1. The summed E-state index contributed by atoms with van der Waals surface area (Å²) in [5.41, 5.74) is 7.22. The lowest BCUT2D eigenvalue weighted by Gasteiger charge is -2.21. The van der Waals surface area contributed by atoms with Crippen molar-refractivity contribution in [2.24, 2.45) is 5.73 Å². The van der Waals surface area contributed by atoms with Crippen molar-refractivity contribution in [3.63, 3.8) is 0 Å². The average Bonchev–Trinajstić information content (AvgIpc) is 3.07. The third kappa shape index (κ3) is 4.63. The van der Waals surface area contributed by atoms with E-state index < -0.39 is 11.7 Å². The maximum atomic E-state index is 11.9. The van der Waals surface area contributed by atoms with Crippen molar-refractivity contribution >= 4 is 11.8 Å². The van der Waals surface area contributed by atoms with E-state index in [4.69, 9.17) is 15.2 Å². The molecular weight excluding hydrogens is 268 g/mol. The van der Waals surface area contributed by atoms with Crippen LogP contribution in [-0.2, 0) is 11.2 Å². The number of carbonyl (C=O) groups excluding carboxylic acids is 1. The Kier molecular flexibility index (Phi) is 4.14. The number of carbonyl (C=O) groups is 1. The smallest absolute Gasteiger partial charge is 0.412 e. The van der Waals surface area contributed by atoms with E-state index in [2.05, 4.69) is 5.32 Å². The molecule has 116 valence electrons. The Bertz CT molecular complexity index is 531. The largest absolute Gasteiger partial charge is 0.497 e. The van der Waals surface area contributed by atoms with Crippen LogP contribution in [0.5, 0.6) is 5.75 Å². The maximum Gasteiger partial charge on any atom is 0.412 e. The Morgan fingerprint density at radius 2 is 2.05 bits per heavy atom. The second kappa shape index (κ2) is 5.56. The van der Waals surface area contributed by atoms with Crippen LogP contribution in [0.4, 0.5) is 10.5 Å². The highest BCUT2D eigenvalue weighted by molar-refractivity contribution is 5.86. The van der Waals surface area contributed by atoms with Gasteiger partial charge in [-0.3, -0.25) is 5.32 Å². The van der Waals surface area contributed by atoms with Gasteiger partial charge in [0.05, 0.1) is 7.11 Å². The van der Waals surface area contributed by atoms with Crippen LogP contribution in [0, 0.1) is 0 Å². The number of rotatable bonds is 4. The first kappa shape index (κ1) is 15.6. The molecule has 0 bridgehead atoms. The lowest BCUT2D eigenvalue weighted by molar-refractivity contribution is 0.0635. The predicted octanol–water partition coefficient (Wildman–Crippen LogP) is 3.08. The summed E-state index contributed by atoms with van der Waals surface area (Å²) < 4.78 is 10.5. The molecule has 0 aliphatic heterocycles. The lowest BCUT2D eigenvalue weighted by Crippen LogP contribution is -2.28. The Morgan fingerprint density at radius 3 is 2.57 bits per heavy atom. The summed E-state index contributed by atoms with van der Waals surface area (Å²) >= 11 is 0. The molecule has 0 aromatic heterocycles. The van der Waals surface area contributed by atoms with Crippen molar-refractivity contribution in [3.8, 4) is 5.75 Å². The molecule has 1 aliphatic carbocycles. The van der Waals surface area contributed by atoms with E-state index in [9.17, 15) is 4.79 Å². The second-order valence-electron chi connectivity index (χ2n) is 6.69. The Hall–Kier alpha value is -1.75. The maximum absolute atomic E-state index is 11.9. The van der Waals surface area contributed by atoms with Gasteiger partial charge >= 0.3 is 6.09 Å². The van der Waals surface area contributed by atoms with Crippen molar-refractivity contribution in [1.29, 1.82) is 0 Å².